The molecule has 0 radical (unpaired) electrons. The number of rotatable bonds is 4. The number of fused-ring (bicyclic) bond motifs is 4. The first-order chi connectivity index (χ1) is 15.7. The van der Waals surface area contributed by atoms with Gasteiger partial charge in [-0.2, -0.15) is 0 Å². The van der Waals surface area contributed by atoms with E-state index in [0.29, 0.717) is 21.8 Å². The summed E-state index contributed by atoms with van der Waals surface area (Å²) in [6.07, 6.45) is 1.88. The van der Waals surface area contributed by atoms with Crippen molar-refractivity contribution >= 4 is 49.3 Å². The molecule has 0 N–H and O–H groups in total. The summed E-state index contributed by atoms with van der Waals surface area (Å²) in [5.41, 5.74) is 3.49. The number of hydrogen-bond acceptors (Lipinski definition) is 6. The zero-order chi connectivity index (χ0) is 21.7. The van der Waals surface area contributed by atoms with E-state index in [0.717, 1.165) is 38.1 Å². The third-order valence-electron chi connectivity index (χ3n) is 5.23. The number of benzene rings is 3. The molecule has 5 aromatic rings. The van der Waals surface area contributed by atoms with Gasteiger partial charge >= 0.3 is 0 Å². The number of nitrogens with zero attached hydrogens (tertiary/aromatic N) is 2. The highest BCUT2D eigenvalue weighted by molar-refractivity contribution is 9.10. The molecule has 0 spiro atoms. The Morgan fingerprint density at radius 1 is 1.09 bits per heavy atom. The van der Waals surface area contributed by atoms with Gasteiger partial charge in [-0.25, -0.2) is 9.38 Å². The minimum absolute atomic E-state index is 0.0574. The average molecular weight is 507 g/mol. The van der Waals surface area contributed by atoms with Gasteiger partial charge in [-0.15, -0.1) is 0 Å². The van der Waals surface area contributed by atoms with Crippen molar-refractivity contribution in [3.05, 3.63) is 91.1 Å². The van der Waals surface area contributed by atoms with Gasteiger partial charge in [0.25, 0.3) is 5.56 Å². The number of imidazole rings is 1. The molecule has 0 unspecified atom stereocenters. The molecule has 0 amide bonds. The molecule has 0 atom stereocenters. The lowest BCUT2D eigenvalue weighted by Crippen LogP contribution is -2.22. The number of aromatic nitrogens is 2. The zero-order valence-electron chi connectivity index (χ0n) is 16.6. The minimum Gasteiger partial charge on any atom is -0.488 e. The van der Waals surface area contributed by atoms with Crippen molar-refractivity contribution < 1.29 is 14.2 Å². The Kier molecular flexibility index (Phi) is 4.62. The van der Waals surface area contributed by atoms with E-state index >= 15 is 0 Å². The van der Waals surface area contributed by atoms with E-state index in [4.69, 9.17) is 14.2 Å². The maximum absolute atomic E-state index is 12.9. The van der Waals surface area contributed by atoms with Crippen molar-refractivity contribution in [3.63, 3.8) is 0 Å². The Labute approximate surface area is 194 Å². The van der Waals surface area contributed by atoms with Gasteiger partial charge < -0.3 is 14.2 Å². The van der Waals surface area contributed by atoms with Crippen molar-refractivity contribution in [1.82, 2.24) is 9.38 Å². The van der Waals surface area contributed by atoms with E-state index in [1.165, 1.54) is 11.3 Å². The monoisotopic (exact) mass is 506 g/mol. The molecule has 0 bridgehead atoms. The van der Waals surface area contributed by atoms with E-state index in [9.17, 15) is 4.79 Å². The summed E-state index contributed by atoms with van der Waals surface area (Å²) in [4.78, 5) is 18.2. The Bertz CT molecular complexity index is 1610. The van der Waals surface area contributed by atoms with Crippen LogP contribution in [-0.4, -0.2) is 16.2 Å². The first kappa shape index (κ1) is 19.3. The summed E-state index contributed by atoms with van der Waals surface area (Å²) in [7, 11) is 0. The fraction of sp³-hybridized carbons (Fsp3) is 0.0833. The third kappa shape index (κ3) is 3.32. The van der Waals surface area contributed by atoms with Gasteiger partial charge in [-0.3, -0.25) is 4.79 Å². The molecule has 1 aliphatic heterocycles. The molecule has 8 heteroatoms. The normalized spacial score (nSPS) is 13.3. The lowest BCUT2D eigenvalue weighted by Gasteiger charge is -2.09. The SMILES string of the molecule is O=c1c(=Cc2ccc(OCc3ccc4c(c3)OCO4)c(Br)c2)sc2nc3ccccc3n12. The summed E-state index contributed by atoms with van der Waals surface area (Å²) < 4.78 is 19.8. The van der Waals surface area contributed by atoms with Gasteiger partial charge in [-0.05, 0) is 69.5 Å². The fourth-order valence-corrected chi connectivity index (χ4v) is 5.18. The van der Waals surface area contributed by atoms with Crippen LogP contribution in [-0.2, 0) is 6.61 Å². The summed E-state index contributed by atoms with van der Waals surface area (Å²) in [5.74, 6) is 2.20. The molecule has 6 rings (SSSR count). The molecule has 0 saturated heterocycles. The van der Waals surface area contributed by atoms with Gasteiger partial charge in [-0.1, -0.05) is 35.6 Å². The summed E-state index contributed by atoms with van der Waals surface area (Å²) in [6, 6.07) is 19.2. The first-order valence-corrected chi connectivity index (χ1v) is 11.5. The van der Waals surface area contributed by atoms with Crippen LogP contribution in [0.4, 0.5) is 0 Å². The van der Waals surface area contributed by atoms with Gasteiger partial charge in [0.2, 0.25) is 6.79 Å². The molecule has 0 saturated carbocycles. The first-order valence-electron chi connectivity index (χ1n) is 9.88. The highest BCUT2D eigenvalue weighted by Crippen LogP contribution is 2.33. The van der Waals surface area contributed by atoms with Gasteiger partial charge in [0.05, 0.1) is 20.0 Å². The van der Waals surface area contributed by atoms with Crippen molar-refractivity contribution in [3.8, 4) is 17.2 Å². The van der Waals surface area contributed by atoms with Crippen molar-refractivity contribution in [2.24, 2.45) is 0 Å². The largest absolute Gasteiger partial charge is 0.488 e. The van der Waals surface area contributed by atoms with E-state index in [2.05, 4.69) is 20.9 Å². The molecular formula is C24H15BrN2O4S. The molecule has 158 valence electrons. The molecular weight excluding hydrogens is 492 g/mol. The van der Waals surface area contributed by atoms with Crippen LogP contribution >= 0.6 is 27.3 Å². The quantitative estimate of drug-likeness (QED) is 0.358. The molecule has 0 fully saturated rings. The zero-order valence-corrected chi connectivity index (χ0v) is 19.0. The maximum Gasteiger partial charge on any atom is 0.274 e. The average Bonchev–Trinajstić information content (AvgIpc) is 3.48. The number of ether oxygens (including phenoxy) is 3. The maximum atomic E-state index is 12.9. The van der Waals surface area contributed by atoms with Crippen LogP contribution in [0.25, 0.3) is 22.1 Å². The Hall–Kier alpha value is -3.36. The van der Waals surface area contributed by atoms with Crippen LogP contribution in [0, 0.1) is 0 Å². The minimum atomic E-state index is -0.0574. The molecule has 1 aliphatic rings. The summed E-state index contributed by atoms with van der Waals surface area (Å²) >= 11 is 4.97. The van der Waals surface area contributed by atoms with E-state index < -0.39 is 0 Å². The predicted molar refractivity (Wildman–Crippen MR) is 127 cm³/mol. The Morgan fingerprint density at radius 2 is 1.97 bits per heavy atom. The number of halogens is 1. The lowest BCUT2D eigenvalue weighted by molar-refractivity contribution is 0.174. The van der Waals surface area contributed by atoms with Crippen molar-refractivity contribution in [2.75, 3.05) is 6.79 Å². The fourth-order valence-electron chi connectivity index (χ4n) is 3.68. The second-order valence-corrected chi connectivity index (χ2v) is 9.16. The highest BCUT2D eigenvalue weighted by Gasteiger charge is 2.14. The molecule has 3 aromatic carbocycles. The number of hydrogen-bond donors (Lipinski definition) is 0. The summed E-state index contributed by atoms with van der Waals surface area (Å²) in [6.45, 7) is 0.652. The highest BCUT2D eigenvalue weighted by atomic mass is 79.9. The Morgan fingerprint density at radius 3 is 2.88 bits per heavy atom. The van der Waals surface area contributed by atoms with Crippen molar-refractivity contribution in [2.45, 2.75) is 6.61 Å². The second-order valence-electron chi connectivity index (χ2n) is 7.30. The molecule has 3 heterocycles. The summed E-state index contributed by atoms with van der Waals surface area (Å²) in [5, 5.41) is 0. The van der Waals surface area contributed by atoms with Crippen LogP contribution in [0.3, 0.4) is 0 Å². The second kappa shape index (κ2) is 7.65. The van der Waals surface area contributed by atoms with Gasteiger partial charge in [0, 0.05) is 0 Å². The topological polar surface area (TPSA) is 62.1 Å². The van der Waals surface area contributed by atoms with Crippen molar-refractivity contribution in [1.29, 1.82) is 0 Å². The van der Waals surface area contributed by atoms with E-state index in [-0.39, 0.29) is 12.4 Å². The molecule has 32 heavy (non-hydrogen) atoms. The van der Waals surface area contributed by atoms with Crippen LogP contribution < -0.4 is 24.3 Å². The van der Waals surface area contributed by atoms with Crippen LogP contribution in [0.5, 0.6) is 17.2 Å². The van der Waals surface area contributed by atoms with E-state index in [1.54, 1.807) is 4.40 Å². The standard InChI is InChI=1S/C24H15BrN2O4S/c25-16-9-14(5-7-19(16)29-12-15-6-8-20-21(10-15)31-13-30-20)11-22-23(28)27-18-4-2-1-3-17(18)26-24(27)32-22/h1-11H,12-13H2. The van der Waals surface area contributed by atoms with Gasteiger partial charge in [0.15, 0.2) is 16.5 Å². The molecule has 0 aliphatic carbocycles. The lowest BCUT2D eigenvalue weighted by atomic mass is 10.2. The predicted octanol–water partition coefficient (Wildman–Crippen LogP) is 4.53. The van der Waals surface area contributed by atoms with Gasteiger partial charge in [0.1, 0.15) is 12.4 Å². The molecule has 6 nitrogen and oxygen atoms in total. The van der Waals surface area contributed by atoms with E-state index in [1.807, 2.05) is 66.7 Å². The molecule has 2 aromatic heterocycles. The number of thiazole rings is 1. The Balaban J connectivity index is 1.27. The smallest absolute Gasteiger partial charge is 0.274 e. The van der Waals surface area contributed by atoms with Crippen LogP contribution in [0.2, 0.25) is 0 Å². The number of para-hydroxylation sites is 2. The third-order valence-corrected chi connectivity index (χ3v) is 6.82. The van der Waals surface area contributed by atoms with Crippen LogP contribution in [0.15, 0.2) is 69.9 Å². The van der Waals surface area contributed by atoms with Crippen LogP contribution in [0.1, 0.15) is 11.1 Å².